The average molecular weight is 279 g/mol. The summed E-state index contributed by atoms with van der Waals surface area (Å²) in [7, 11) is 0. The topological polar surface area (TPSA) is 56.7 Å². The second-order valence-electron chi connectivity index (χ2n) is 4.50. The second kappa shape index (κ2) is 6.68. The Morgan fingerprint density at radius 1 is 1.26 bits per heavy atom. The molecule has 0 fully saturated rings. The Kier molecular flexibility index (Phi) is 4.93. The van der Waals surface area contributed by atoms with Gasteiger partial charge < -0.3 is 5.73 Å². The lowest BCUT2D eigenvalue weighted by Crippen LogP contribution is -2.05. The van der Waals surface area contributed by atoms with Crippen LogP contribution >= 0.6 is 11.6 Å². The largest absolute Gasteiger partial charge is 0.325 e. The normalized spacial score (nSPS) is 10.9. The van der Waals surface area contributed by atoms with Crippen molar-refractivity contribution in [1.29, 1.82) is 0 Å². The van der Waals surface area contributed by atoms with Gasteiger partial charge in [-0.25, -0.2) is 4.68 Å². The Morgan fingerprint density at radius 3 is 2.74 bits per heavy atom. The number of nitrogens with zero attached hydrogens (tertiary/aromatic N) is 3. The van der Waals surface area contributed by atoms with Gasteiger partial charge in [-0.3, -0.25) is 0 Å². The van der Waals surface area contributed by atoms with Gasteiger partial charge in [-0.15, -0.1) is 5.10 Å². The minimum atomic E-state index is 0.369. The van der Waals surface area contributed by atoms with Crippen LogP contribution in [-0.2, 0) is 13.1 Å². The zero-order chi connectivity index (χ0) is 13.7. The quantitative estimate of drug-likeness (QED) is 0.825. The van der Waals surface area contributed by atoms with Gasteiger partial charge in [0.25, 0.3) is 0 Å². The predicted molar refractivity (Wildman–Crippen MR) is 77.9 cm³/mol. The molecule has 0 aliphatic heterocycles. The number of hydrogen-bond acceptors (Lipinski definition) is 3. The third-order valence-corrected chi connectivity index (χ3v) is 3.43. The van der Waals surface area contributed by atoms with Gasteiger partial charge in [-0.2, -0.15) is 0 Å². The summed E-state index contributed by atoms with van der Waals surface area (Å²) in [6, 6.07) is 7.74. The molecular formula is C14H19ClN4. The summed E-state index contributed by atoms with van der Waals surface area (Å²) in [5.41, 5.74) is 8.44. The van der Waals surface area contributed by atoms with E-state index >= 15 is 0 Å². The van der Waals surface area contributed by atoms with Crippen molar-refractivity contribution in [2.45, 2.75) is 39.3 Å². The van der Waals surface area contributed by atoms with Crippen molar-refractivity contribution in [1.82, 2.24) is 15.0 Å². The average Bonchev–Trinajstić information content (AvgIpc) is 2.82. The van der Waals surface area contributed by atoms with Gasteiger partial charge in [0.15, 0.2) is 0 Å². The highest BCUT2D eigenvalue weighted by Crippen LogP contribution is 2.29. The van der Waals surface area contributed by atoms with E-state index < -0.39 is 0 Å². The van der Waals surface area contributed by atoms with Gasteiger partial charge in [0.05, 0.1) is 10.7 Å². The highest BCUT2D eigenvalue weighted by molar-refractivity contribution is 6.33. The molecule has 0 saturated heterocycles. The molecule has 19 heavy (non-hydrogen) atoms. The lowest BCUT2D eigenvalue weighted by molar-refractivity contribution is 0.541. The predicted octanol–water partition coefficient (Wildman–Crippen LogP) is 3.25. The lowest BCUT2D eigenvalue weighted by atomic mass is 10.1. The minimum Gasteiger partial charge on any atom is -0.325 e. The van der Waals surface area contributed by atoms with E-state index in [4.69, 9.17) is 17.3 Å². The van der Waals surface area contributed by atoms with Crippen molar-refractivity contribution in [2.24, 2.45) is 5.73 Å². The van der Waals surface area contributed by atoms with Crippen LogP contribution in [0.25, 0.3) is 11.3 Å². The molecule has 0 saturated carbocycles. The smallest absolute Gasteiger partial charge is 0.104 e. The number of aryl methyl sites for hydroxylation is 1. The molecule has 5 heteroatoms. The van der Waals surface area contributed by atoms with Gasteiger partial charge in [-0.05, 0) is 12.5 Å². The highest BCUT2D eigenvalue weighted by atomic mass is 35.5. The molecule has 0 bridgehead atoms. The Hall–Kier alpha value is -1.39. The van der Waals surface area contributed by atoms with Crippen molar-refractivity contribution >= 4 is 11.6 Å². The fraction of sp³-hybridized carbons (Fsp3) is 0.429. The van der Waals surface area contributed by atoms with E-state index in [-0.39, 0.29) is 0 Å². The van der Waals surface area contributed by atoms with Crippen LogP contribution in [0.2, 0.25) is 5.02 Å². The van der Waals surface area contributed by atoms with Crippen molar-refractivity contribution in [3.8, 4) is 11.3 Å². The molecule has 102 valence electrons. The summed E-state index contributed by atoms with van der Waals surface area (Å²) in [6.07, 6.45) is 3.45. The standard InChI is InChI=1S/C14H19ClN4/c1-2-3-6-9-19-14(13(10-16)17-18-19)11-7-4-5-8-12(11)15/h4-5,7-8H,2-3,6,9-10,16H2,1H3. The van der Waals surface area contributed by atoms with Crippen LogP contribution in [0.4, 0.5) is 0 Å². The van der Waals surface area contributed by atoms with Crippen molar-refractivity contribution in [3.05, 3.63) is 35.0 Å². The number of benzene rings is 1. The Bertz CT molecular complexity index is 536. The van der Waals surface area contributed by atoms with E-state index in [0.717, 1.165) is 29.9 Å². The fourth-order valence-electron chi connectivity index (χ4n) is 2.10. The molecule has 1 aromatic carbocycles. The zero-order valence-corrected chi connectivity index (χ0v) is 11.9. The number of halogens is 1. The third-order valence-electron chi connectivity index (χ3n) is 3.10. The Labute approximate surface area is 118 Å². The SMILES string of the molecule is CCCCCn1nnc(CN)c1-c1ccccc1Cl. The molecule has 1 aromatic heterocycles. The summed E-state index contributed by atoms with van der Waals surface area (Å²) in [5.74, 6) is 0. The molecule has 0 atom stereocenters. The lowest BCUT2D eigenvalue weighted by Gasteiger charge is -2.09. The molecule has 0 aliphatic rings. The molecule has 0 unspecified atom stereocenters. The third kappa shape index (κ3) is 3.14. The van der Waals surface area contributed by atoms with E-state index in [1.54, 1.807) is 0 Å². The molecule has 0 aliphatic carbocycles. The van der Waals surface area contributed by atoms with E-state index in [1.165, 1.54) is 12.8 Å². The van der Waals surface area contributed by atoms with Gasteiger partial charge in [-0.1, -0.05) is 54.8 Å². The molecular weight excluding hydrogens is 260 g/mol. The van der Waals surface area contributed by atoms with Gasteiger partial charge in [0.1, 0.15) is 5.69 Å². The maximum atomic E-state index is 6.27. The number of rotatable bonds is 6. The number of aromatic nitrogens is 3. The van der Waals surface area contributed by atoms with Crippen molar-refractivity contribution < 1.29 is 0 Å². The fourth-order valence-corrected chi connectivity index (χ4v) is 2.33. The van der Waals surface area contributed by atoms with E-state index in [1.807, 2.05) is 28.9 Å². The first kappa shape index (κ1) is 14.0. The maximum absolute atomic E-state index is 6.27. The Balaban J connectivity index is 2.36. The summed E-state index contributed by atoms with van der Waals surface area (Å²) >= 11 is 6.27. The highest BCUT2D eigenvalue weighted by Gasteiger charge is 2.15. The molecule has 0 radical (unpaired) electrons. The summed E-state index contributed by atoms with van der Waals surface area (Å²) in [6.45, 7) is 3.40. The summed E-state index contributed by atoms with van der Waals surface area (Å²) in [4.78, 5) is 0. The van der Waals surface area contributed by atoms with Crippen LogP contribution in [0.3, 0.4) is 0 Å². The minimum absolute atomic E-state index is 0.369. The first-order chi connectivity index (χ1) is 9.27. The maximum Gasteiger partial charge on any atom is 0.104 e. The van der Waals surface area contributed by atoms with Gasteiger partial charge in [0, 0.05) is 18.7 Å². The molecule has 0 spiro atoms. The monoisotopic (exact) mass is 278 g/mol. The summed E-state index contributed by atoms with van der Waals surface area (Å²) in [5, 5.41) is 9.07. The molecule has 2 rings (SSSR count). The molecule has 4 nitrogen and oxygen atoms in total. The van der Waals surface area contributed by atoms with Crippen molar-refractivity contribution in [2.75, 3.05) is 0 Å². The zero-order valence-electron chi connectivity index (χ0n) is 11.1. The first-order valence-electron chi connectivity index (χ1n) is 6.65. The van der Waals surface area contributed by atoms with E-state index in [0.29, 0.717) is 11.6 Å². The van der Waals surface area contributed by atoms with E-state index in [9.17, 15) is 0 Å². The van der Waals surface area contributed by atoms with Crippen LogP contribution in [0.15, 0.2) is 24.3 Å². The molecule has 2 aromatic rings. The summed E-state index contributed by atoms with van der Waals surface area (Å²) < 4.78 is 1.92. The van der Waals surface area contributed by atoms with E-state index in [2.05, 4.69) is 17.2 Å². The molecule has 2 N–H and O–H groups in total. The molecule has 0 amide bonds. The second-order valence-corrected chi connectivity index (χ2v) is 4.91. The van der Waals surface area contributed by atoms with Crippen LogP contribution in [0.5, 0.6) is 0 Å². The van der Waals surface area contributed by atoms with Crippen LogP contribution in [0, 0.1) is 0 Å². The first-order valence-corrected chi connectivity index (χ1v) is 7.03. The van der Waals surface area contributed by atoms with Crippen LogP contribution < -0.4 is 5.73 Å². The number of unbranched alkanes of at least 4 members (excludes halogenated alkanes) is 2. The number of hydrogen-bond donors (Lipinski definition) is 1. The Morgan fingerprint density at radius 2 is 2.05 bits per heavy atom. The number of nitrogens with two attached hydrogens (primary N) is 1. The van der Waals surface area contributed by atoms with Crippen molar-refractivity contribution in [3.63, 3.8) is 0 Å². The van der Waals surface area contributed by atoms with Crippen LogP contribution in [-0.4, -0.2) is 15.0 Å². The molecule has 1 heterocycles. The van der Waals surface area contributed by atoms with Crippen LogP contribution in [0.1, 0.15) is 31.9 Å². The van der Waals surface area contributed by atoms with Gasteiger partial charge >= 0.3 is 0 Å². The van der Waals surface area contributed by atoms with Gasteiger partial charge in [0.2, 0.25) is 0 Å².